The van der Waals surface area contributed by atoms with Gasteiger partial charge in [-0.2, -0.15) is 0 Å². The van der Waals surface area contributed by atoms with Crippen molar-refractivity contribution >= 4 is 6.29 Å². The van der Waals surface area contributed by atoms with Gasteiger partial charge in [0.1, 0.15) is 6.29 Å². The molecule has 1 nitrogen and oxygen atoms in total. The van der Waals surface area contributed by atoms with Crippen molar-refractivity contribution in [1.82, 2.24) is 0 Å². The van der Waals surface area contributed by atoms with E-state index >= 15 is 0 Å². The molecule has 14 heavy (non-hydrogen) atoms. The lowest BCUT2D eigenvalue weighted by Gasteiger charge is -2.28. The van der Waals surface area contributed by atoms with E-state index in [2.05, 4.69) is 6.92 Å². The quantitative estimate of drug-likeness (QED) is 0.588. The number of unbranched alkanes of at least 4 members (excludes halogenated alkanes) is 1. The minimum Gasteiger partial charge on any atom is -0.303 e. The smallest absolute Gasteiger partial charge is 0.120 e. The lowest BCUT2D eigenvalue weighted by Crippen LogP contribution is -2.14. The number of carbonyl (C=O) groups excluding carboxylic acids is 1. The van der Waals surface area contributed by atoms with Crippen LogP contribution in [0.3, 0.4) is 0 Å². The highest BCUT2D eigenvalue weighted by Crippen LogP contribution is 2.33. The Kier molecular flexibility index (Phi) is 5.89. The van der Waals surface area contributed by atoms with Gasteiger partial charge in [0.2, 0.25) is 0 Å². The van der Waals surface area contributed by atoms with Crippen molar-refractivity contribution in [2.75, 3.05) is 0 Å². The molecule has 0 spiro atoms. The standard InChI is InChI=1S/C13H24O/c1-2-3-5-12-7-9-13(10-8-12)6-4-11-14/h11-13H,2-10H2,1H3/t12-,13-. The van der Waals surface area contributed by atoms with Crippen LogP contribution in [0.2, 0.25) is 0 Å². The highest BCUT2D eigenvalue weighted by molar-refractivity contribution is 5.49. The predicted octanol–water partition coefficient (Wildman–Crippen LogP) is 3.96. The van der Waals surface area contributed by atoms with Gasteiger partial charge in [-0.05, 0) is 18.3 Å². The Morgan fingerprint density at radius 1 is 1.07 bits per heavy atom. The van der Waals surface area contributed by atoms with E-state index in [1.165, 1.54) is 44.9 Å². The van der Waals surface area contributed by atoms with E-state index in [4.69, 9.17) is 0 Å². The highest BCUT2D eigenvalue weighted by Gasteiger charge is 2.19. The maximum atomic E-state index is 10.3. The fraction of sp³-hybridized carbons (Fsp3) is 0.923. The summed E-state index contributed by atoms with van der Waals surface area (Å²) in [5.41, 5.74) is 0. The van der Waals surface area contributed by atoms with Crippen LogP contribution in [0.15, 0.2) is 0 Å². The molecule has 0 aliphatic heterocycles. The Bertz CT molecular complexity index is 145. The van der Waals surface area contributed by atoms with Gasteiger partial charge in [-0.1, -0.05) is 51.9 Å². The monoisotopic (exact) mass is 196 g/mol. The molecule has 0 heterocycles. The summed E-state index contributed by atoms with van der Waals surface area (Å²) in [5, 5.41) is 0. The summed E-state index contributed by atoms with van der Waals surface area (Å²) < 4.78 is 0. The van der Waals surface area contributed by atoms with Gasteiger partial charge < -0.3 is 4.79 Å². The van der Waals surface area contributed by atoms with E-state index in [1.54, 1.807) is 0 Å². The zero-order valence-corrected chi connectivity index (χ0v) is 9.50. The fourth-order valence-corrected chi connectivity index (χ4v) is 2.61. The van der Waals surface area contributed by atoms with Crippen LogP contribution >= 0.6 is 0 Å². The molecule has 0 atom stereocenters. The van der Waals surface area contributed by atoms with Gasteiger partial charge in [-0.15, -0.1) is 0 Å². The Morgan fingerprint density at radius 3 is 2.14 bits per heavy atom. The summed E-state index contributed by atoms with van der Waals surface area (Å²) in [6.45, 7) is 2.27. The number of rotatable bonds is 6. The van der Waals surface area contributed by atoms with E-state index in [9.17, 15) is 4.79 Å². The van der Waals surface area contributed by atoms with E-state index in [1.807, 2.05) is 0 Å². The summed E-state index contributed by atoms with van der Waals surface area (Å²) in [5.74, 6) is 1.86. The highest BCUT2D eigenvalue weighted by atomic mass is 16.1. The molecule has 0 aromatic heterocycles. The van der Waals surface area contributed by atoms with Crippen LogP contribution in [0.1, 0.15) is 64.7 Å². The van der Waals surface area contributed by atoms with Crippen molar-refractivity contribution in [2.45, 2.75) is 64.7 Å². The minimum atomic E-state index is 0.782. The first-order valence-corrected chi connectivity index (χ1v) is 6.30. The molecule has 1 aliphatic rings. The average molecular weight is 196 g/mol. The van der Waals surface area contributed by atoms with Crippen molar-refractivity contribution in [2.24, 2.45) is 11.8 Å². The lowest BCUT2D eigenvalue weighted by molar-refractivity contribution is -0.108. The second-order valence-electron chi connectivity index (χ2n) is 4.77. The van der Waals surface area contributed by atoms with Crippen molar-refractivity contribution < 1.29 is 4.79 Å². The molecule has 1 rings (SSSR count). The van der Waals surface area contributed by atoms with E-state index in [0.717, 1.165) is 31.0 Å². The molecule has 0 unspecified atom stereocenters. The summed E-state index contributed by atoms with van der Waals surface area (Å²) in [4.78, 5) is 10.3. The van der Waals surface area contributed by atoms with Crippen molar-refractivity contribution in [3.63, 3.8) is 0 Å². The molecular formula is C13H24O. The van der Waals surface area contributed by atoms with Crippen LogP contribution in [0, 0.1) is 11.8 Å². The van der Waals surface area contributed by atoms with Crippen molar-refractivity contribution in [3.05, 3.63) is 0 Å². The molecule has 0 radical (unpaired) electrons. The molecular weight excluding hydrogens is 172 g/mol. The molecule has 1 heteroatoms. The maximum Gasteiger partial charge on any atom is 0.120 e. The molecule has 0 N–H and O–H groups in total. The average Bonchev–Trinajstić information content (AvgIpc) is 2.25. The van der Waals surface area contributed by atoms with Gasteiger partial charge in [0.25, 0.3) is 0 Å². The number of aldehydes is 1. The molecule has 0 aromatic rings. The number of carbonyl (C=O) groups is 1. The topological polar surface area (TPSA) is 17.1 Å². The third-order valence-corrected chi connectivity index (χ3v) is 3.63. The van der Waals surface area contributed by atoms with Gasteiger partial charge in [0.15, 0.2) is 0 Å². The van der Waals surface area contributed by atoms with Gasteiger partial charge in [-0.25, -0.2) is 0 Å². The first-order valence-electron chi connectivity index (χ1n) is 6.30. The largest absolute Gasteiger partial charge is 0.303 e. The second-order valence-corrected chi connectivity index (χ2v) is 4.77. The minimum absolute atomic E-state index is 0.782. The van der Waals surface area contributed by atoms with Crippen molar-refractivity contribution in [3.8, 4) is 0 Å². The van der Waals surface area contributed by atoms with Crippen LogP contribution in [0.25, 0.3) is 0 Å². The van der Waals surface area contributed by atoms with Gasteiger partial charge in [-0.3, -0.25) is 0 Å². The molecule has 82 valence electrons. The molecule has 0 amide bonds. The SMILES string of the molecule is CCCC[C@H]1CC[C@H](CCC=O)CC1. The molecule has 1 aliphatic carbocycles. The van der Waals surface area contributed by atoms with E-state index in [-0.39, 0.29) is 0 Å². The normalized spacial score (nSPS) is 27.5. The summed E-state index contributed by atoms with van der Waals surface area (Å²) in [6, 6.07) is 0. The maximum absolute atomic E-state index is 10.3. The molecule has 0 saturated heterocycles. The van der Waals surface area contributed by atoms with Crippen LogP contribution in [-0.4, -0.2) is 6.29 Å². The van der Waals surface area contributed by atoms with Gasteiger partial charge in [0, 0.05) is 6.42 Å². The zero-order chi connectivity index (χ0) is 10.2. The Labute approximate surface area is 88.3 Å². The predicted molar refractivity (Wildman–Crippen MR) is 60.3 cm³/mol. The lowest BCUT2D eigenvalue weighted by atomic mass is 9.78. The Hall–Kier alpha value is -0.330. The third kappa shape index (κ3) is 4.26. The molecule has 0 bridgehead atoms. The first-order chi connectivity index (χ1) is 6.86. The first kappa shape index (κ1) is 11.7. The van der Waals surface area contributed by atoms with Crippen LogP contribution in [0.5, 0.6) is 0 Å². The van der Waals surface area contributed by atoms with Gasteiger partial charge in [0.05, 0.1) is 0 Å². The summed E-state index contributed by atoms with van der Waals surface area (Å²) in [7, 11) is 0. The Morgan fingerprint density at radius 2 is 1.64 bits per heavy atom. The van der Waals surface area contributed by atoms with E-state index in [0.29, 0.717) is 0 Å². The molecule has 0 aromatic carbocycles. The summed E-state index contributed by atoms with van der Waals surface area (Å²) in [6.07, 6.45) is 12.8. The Balaban J connectivity index is 2.08. The number of hydrogen-bond acceptors (Lipinski definition) is 1. The van der Waals surface area contributed by atoms with E-state index < -0.39 is 0 Å². The zero-order valence-electron chi connectivity index (χ0n) is 9.50. The second kappa shape index (κ2) is 7.03. The fourth-order valence-electron chi connectivity index (χ4n) is 2.61. The van der Waals surface area contributed by atoms with Gasteiger partial charge >= 0.3 is 0 Å². The van der Waals surface area contributed by atoms with Crippen LogP contribution in [-0.2, 0) is 4.79 Å². The van der Waals surface area contributed by atoms with Crippen LogP contribution < -0.4 is 0 Å². The van der Waals surface area contributed by atoms with Crippen molar-refractivity contribution in [1.29, 1.82) is 0 Å². The number of hydrogen-bond donors (Lipinski definition) is 0. The molecule has 1 saturated carbocycles. The molecule has 1 fully saturated rings. The summed E-state index contributed by atoms with van der Waals surface area (Å²) >= 11 is 0. The van der Waals surface area contributed by atoms with Crippen LogP contribution in [0.4, 0.5) is 0 Å². The third-order valence-electron chi connectivity index (χ3n) is 3.63.